The average molecular weight is 356 g/mol. The normalized spacial score (nSPS) is 10.2. The lowest BCUT2D eigenvalue weighted by molar-refractivity contribution is 0.0944. The molecule has 3 rings (SSSR count). The Morgan fingerprint density at radius 1 is 0.875 bits per heavy atom. The van der Waals surface area contributed by atoms with E-state index in [9.17, 15) is 4.79 Å². The summed E-state index contributed by atoms with van der Waals surface area (Å²) in [5.41, 5.74) is 6.53. The second-order valence-electron chi connectivity index (χ2n) is 5.11. The van der Waals surface area contributed by atoms with Crippen molar-refractivity contribution in [1.82, 2.24) is 10.9 Å². The second kappa shape index (κ2) is 7.29. The first-order valence-electron chi connectivity index (χ1n) is 7.23. The van der Waals surface area contributed by atoms with Gasteiger partial charge in [-0.2, -0.15) is 0 Å². The van der Waals surface area contributed by atoms with Crippen LogP contribution in [0.5, 0.6) is 0 Å². The number of amides is 1. The van der Waals surface area contributed by atoms with Crippen LogP contribution in [0, 0.1) is 0 Å². The van der Waals surface area contributed by atoms with Crippen LogP contribution in [0.15, 0.2) is 66.7 Å². The zero-order valence-corrected chi connectivity index (χ0v) is 14.1. The molecule has 0 unspecified atom stereocenters. The number of fused-ring (bicyclic) bond motifs is 1. The minimum atomic E-state index is -0.268. The van der Waals surface area contributed by atoms with Crippen LogP contribution in [0.1, 0.15) is 10.4 Å². The summed E-state index contributed by atoms with van der Waals surface area (Å²) in [6.45, 7) is 0. The minimum Gasteiger partial charge on any atom is -0.331 e. The number of hydrazine groups is 1. The molecule has 0 spiro atoms. The molecule has 4 nitrogen and oxygen atoms in total. The number of anilines is 1. The summed E-state index contributed by atoms with van der Waals surface area (Å²) in [6.07, 6.45) is 0. The van der Waals surface area contributed by atoms with Gasteiger partial charge in [-0.1, -0.05) is 48.0 Å². The van der Waals surface area contributed by atoms with E-state index < -0.39 is 0 Å². The lowest BCUT2D eigenvalue weighted by Gasteiger charge is -2.12. The lowest BCUT2D eigenvalue weighted by atomic mass is 10.1. The molecule has 3 aromatic rings. The van der Waals surface area contributed by atoms with Gasteiger partial charge in [0.1, 0.15) is 0 Å². The fourth-order valence-electron chi connectivity index (χ4n) is 2.24. The van der Waals surface area contributed by atoms with Crippen LogP contribution >= 0.6 is 23.8 Å². The molecule has 0 bridgehead atoms. The van der Waals surface area contributed by atoms with Crippen molar-refractivity contribution in [2.24, 2.45) is 0 Å². The number of halogens is 1. The predicted octanol–water partition coefficient (Wildman–Crippen LogP) is 4.12. The molecule has 0 aliphatic carbocycles. The van der Waals surface area contributed by atoms with E-state index in [0.717, 1.165) is 16.5 Å². The third-order valence-corrected chi connectivity index (χ3v) is 3.82. The molecule has 1 amide bonds. The Hall–Kier alpha value is -2.63. The maximum atomic E-state index is 12.2. The summed E-state index contributed by atoms with van der Waals surface area (Å²) in [4.78, 5) is 12.2. The van der Waals surface area contributed by atoms with E-state index in [4.69, 9.17) is 23.8 Å². The van der Waals surface area contributed by atoms with E-state index in [-0.39, 0.29) is 11.0 Å². The number of hydrogen-bond donors (Lipinski definition) is 3. The van der Waals surface area contributed by atoms with Gasteiger partial charge in [0.05, 0.1) is 0 Å². The molecule has 24 heavy (non-hydrogen) atoms. The van der Waals surface area contributed by atoms with Gasteiger partial charge < -0.3 is 5.32 Å². The van der Waals surface area contributed by atoms with Gasteiger partial charge in [-0.25, -0.2) is 0 Å². The Balaban J connectivity index is 1.60. The molecule has 0 fully saturated rings. The van der Waals surface area contributed by atoms with Crippen molar-refractivity contribution in [3.8, 4) is 0 Å². The number of nitrogens with one attached hydrogen (secondary N) is 3. The minimum absolute atomic E-state index is 0.268. The molecule has 0 aliphatic rings. The van der Waals surface area contributed by atoms with Crippen molar-refractivity contribution in [2.45, 2.75) is 0 Å². The SMILES string of the molecule is O=C(NNC(=S)Nc1cccc(Cl)c1)c1ccc2ccccc2c1. The van der Waals surface area contributed by atoms with Gasteiger partial charge >= 0.3 is 0 Å². The van der Waals surface area contributed by atoms with E-state index in [2.05, 4.69) is 16.2 Å². The Labute approximate surface area is 149 Å². The van der Waals surface area contributed by atoms with Gasteiger partial charge in [0, 0.05) is 16.3 Å². The van der Waals surface area contributed by atoms with Crippen LogP contribution in [-0.4, -0.2) is 11.0 Å². The molecule has 0 radical (unpaired) electrons. The quantitative estimate of drug-likeness (QED) is 0.478. The molecule has 0 saturated carbocycles. The first-order chi connectivity index (χ1) is 11.6. The zero-order valence-electron chi connectivity index (χ0n) is 12.5. The third kappa shape index (κ3) is 4.01. The van der Waals surface area contributed by atoms with Gasteiger partial charge in [-0.15, -0.1) is 0 Å². The lowest BCUT2D eigenvalue weighted by Crippen LogP contribution is -2.43. The molecule has 0 saturated heterocycles. The highest BCUT2D eigenvalue weighted by atomic mass is 35.5. The van der Waals surface area contributed by atoms with Crippen LogP contribution in [0.3, 0.4) is 0 Å². The van der Waals surface area contributed by atoms with Crippen LogP contribution in [0.4, 0.5) is 5.69 Å². The maximum absolute atomic E-state index is 12.2. The highest BCUT2D eigenvalue weighted by Gasteiger charge is 2.07. The maximum Gasteiger partial charge on any atom is 0.269 e. The van der Waals surface area contributed by atoms with E-state index in [1.54, 1.807) is 24.3 Å². The van der Waals surface area contributed by atoms with Gasteiger partial charge in [-0.05, 0) is 53.3 Å². The molecular weight excluding hydrogens is 342 g/mol. The van der Waals surface area contributed by atoms with Crippen molar-refractivity contribution in [3.05, 3.63) is 77.3 Å². The third-order valence-electron chi connectivity index (χ3n) is 3.38. The highest BCUT2D eigenvalue weighted by Crippen LogP contribution is 2.16. The molecule has 0 aliphatic heterocycles. The summed E-state index contributed by atoms with van der Waals surface area (Å²) >= 11 is 11.1. The molecule has 0 atom stereocenters. The predicted molar refractivity (Wildman–Crippen MR) is 102 cm³/mol. The number of carbonyl (C=O) groups is 1. The van der Waals surface area contributed by atoms with Crippen LogP contribution < -0.4 is 16.2 Å². The molecular formula is C18H14ClN3OS. The molecule has 3 N–H and O–H groups in total. The number of thiocarbonyl (C=S) groups is 1. The summed E-state index contributed by atoms with van der Waals surface area (Å²) < 4.78 is 0. The van der Waals surface area contributed by atoms with Crippen molar-refractivity contribution >= 4 is 51.3 Å². The summed E-state index contributed by atoms with van der Waals surface area (Å²) in [6, 6.07) is 20.5. The molecule has 120 valence electrons. The van der Waals surface area contributed by atoms with Gasteiger partial charge in [-0.3, -0.25) is 15.6 Å². The van der Waals surface area contributed by atoms with Crippen LogP contribution in [-0.2, 0) is 0 Å². The van der Waals surface area contributed by atoms with Crippen molar-refractivity contribution in [3.63, 3.8) is 0 Å². The smallest absolute Gasteiger partial charge is 0.269 e. The van der Waals surface area contributed by atoms with E-state index in [0.29, 0.717) is 10.6 Å². The largest absolute Gasteiger partial charge is 0.331 e. The fraction of sp³-hybridized carbons (Fsp3) is 0. The van der Waals surface area contributed by atoms with Crippen molar-refractivity contribution in [1.29, 1.82) is 0 Å². The zero-order chi connectivity index (χ0) is 16.9. The summed E-state index contributed by atoms with van der Waals surface area (Å²) in [5.74, 6) is -0.268. The first kappa shape index (κ1) is 16.2. The second-order valence-corrected chi connectivity index (χ2v) is 5.95. The van der Waals surface area contributed by atoms with E-state index in [1.165, 1.54) is 0 Å². The van der Waals surface area contributed by atoms with Gasteiger partial charge in [0.25, 0.3) is 5.91 Å². The fourth-order valence-corrected chi connectivity index (χ4v) is 2.60. The topological polar surface area (TPSA) is 53.2 Å². The molecule has 3 aromatic carbocycles. The van der Waals surface area contributed by atoms with E-state index >= 15 is 0 Å². The highest BCUT2D eigenvalue weighted by molar-refractivity contribution is 7.80. The Morgan fingerprint density at radius 3 is 2.46 bits per heavy atom. The number of benzene rings is 3. The van der Waals surface area contributed by atoms with Crippen LogP contribution in [0.2, 0.25) is 5.02 Å². The van der Waals surface area contributed by atoms with Crippen molar-refractivity contribution in [2.75, 3.05) is 5.32 Å². The van der Waals surface area contributed by atoms with Gasteiger partial charge in [0.2, 0.25) is 0 Å². The van der Waals surface area contributed by atoms with Crippen molar-refractivity contribution < 1.29 is 4.79 Å². The molecule has 0 aromatic heterocycles. The summed E-state index contributed by atoms with van der Waals surface area (Å²) in [5, 5.41) is 5.90. The monoisotopic (exact) mass is 355 g/mol. The molecule has 0 heterocycles. The van der Waals surface area contributed by atoms with Gasteiger partial charge in [0.15, 0.2) is 5.11 Å². The van der Waals surface area contributed by atoms with Crippen LogP contribution in [0.25, 0.3) is 10.8 Å². The van der Waals surface area contributed by atoms with E-state index in [1.807, 2.05) is 42.5 Å². The Bertz CT molecular complexity index is 913. The summed E-state index contributed by atoms with van der Waals surface area (Å²) in [7, 11) is 0. The number of carbonyl (C=O) groups excluding carboxylic acids is 1. The first-order valence-corrected chi connectivity index (χ1v) is 8.02. The number of hydrogen-bond acceptors (Lipinski definition) is 2. The average Bonchev–Trinajstić information content (AvgIpc) is 2.59. The Kier molecular flexibility index (Phi) is 4.93. The standard InChI is InChI=1S/C18H14ClN3OS/c19-15-6-3-7-16(11-15)20-18(24)22-21-17(23)14-9-8-12-4-1-2-5-13(12)10-14/h1-11H,(H,21,23)(H2,20,22,24). The Morgan fingerprint density at radius 2 is 1.67 bits per heavy atom. The number of rotatable bonds is 2. The molecule has 6 heteroatoms.